The summed E-state index contributed by atoms with van der Waals surface area (Å²) in [6, 6.07) is 7.38. The summed E-state index contributed by atoms with van der Waals surface area (Å²) in [6.07, 6.45) is 8.47. The van der Waals surface area contributed by atoms with Crippen LogP contribution in [0.5, 0.6) is 5.75 Å². The van der Waals surface area contributed by atoms with E-state index in [-0.39, 0.29) is 12.6 Å². The standard InChI is InChI=1S/C19H23N5O2/c1-3-12-26-16-9-5-4-8-15(16)14-23(2)19(25)20-13-18-22-21-17-10-6-7-11-24(17)18/h1,4-5,8-9H,6-7,10-14H2,2H3,(H,20,25). The minimum absolute atomic E-state index is 0.176. The number of rotatable bonds is 6. The van der Waals surface area contributed by atoms with E-state index in [9.17, 15) is 4.79 Å². The number of carbonyl (C=O) groups is 1. The molecule has 1 aliphatic heterocycles. The van der Waals surface area contributed by atoms with E-state index in [1.54, 1.807) is 11.9 Å². The van der Waals surface area contributed by atoms with Crippen LogP contribution in [0, 0.1) is 12.3 Å². The van der Waals surface area contributed by atoms with Crippen LogP contribution in [0.25, 0.3) is 0 Å². The molecular weight excluding hydrogens is 330 g/mol. The van der Waals surface area contributed by atoms with Gasteiger partial charge in [0.2, 0.25) is 0 Å². The lowest BCUT2D eigenvalue weighted by Gasteiger charge is -2.20. The van der Waals surface area contributed by atoms with E-state index >= 15 is 0 Å². The molecule has 1 aromatic carbocycles. The predicted octanol–water partition coefficient (Wildman–Crippen LogP) is 1.97. The molecule has 7 nitrogen and oxygen atoms in total. The molecule has 1 aromatic heterocycles. The Morgan fingerprint density at radius 3 is 3.08 bits per heavy atom. The van der Waals surface area contributed by atoms with E-state index in [1.165, 1.54) is 0 Å². The Hall–Kier alpha value is -3.01. The molecule has 2 aromatic rings. The van der Waals surface area contributed by atoms with Crippen LogP contribution in [-0.4, -0.2) is 39.4 Å². The second kappa shape index (κ2) is 8.39. The molecule has 7 heteroatoms. The van der Waals surface area contributed by atoms with Crippen LogP contribution in [0.3, 0.4) is 0 Å². The first-order valence-electron chi connectivity index (χ1n) is 8.73. The van der Waals surface area contributed by atoms with E-state index < -0.39 is 0 Å². The van der Waals surface area contributed by atoms with Gasteiger partial charge in [-0.15, -0.1) is 16.6 Å². The molecule has 2 heterocycles. The summed E-state index contributed by atoms with van der Waals surface area (Å²) in [4.78, 5) is 14.0. The highest BCUT2D eigenvalue weighted by Crippen LogP contribution is 2.19. The Labute approximate surface area is 153 Å². The predicted molar refractivity (Wildman–Crippen MR) is 97.4 cm³/mol. The molecule has 0 spiro atoms. The number of nitrogens with one attached hydrogen (secondary N) is 1. The maximum Gasteiger partial charge on any atom is 0.317 e. The van der Waals surface area contributed by atoms with Gasteiger partial charge in [0, 0.05) is 25.6 Å². The summed E-state index contributed by atoms with van der Waals surface area (Å²) in [5.41, 5.74) is 0.903. The monoisotopic (exact) mass is 353 g/mol. The SMILES string of the molecule is C#CCOc1ccccc1CN(C)C(=O)NCc1nnc2n1CCCC2. The number of ether oxygens (including phenoxy) is 1. The van der Waals surface area contributed by atoms with E-state index in [4.69, 9.17) is 11.2 Å². The third-order valence-electron chi connectivity index (χ3n) is 4.37. The number of carbonyl (C=O) groups excluding carboxylic acids is 1. The summed E-state index contributed by atoms with van der Waals surface area (Å²) >= 11 is 0. The Balaban J connectivity index is 1.57. The fourth-order valence-electron chi connectivity index (χ4n) is 3.01. The van der Waals surface area contributed by atoms with Crippen molar-refractivity contribution in [3.8, 4) is 18.1 Å². The molecule has 0 saturated heterocycles. The van der Waals surface area contributed by atoms with Gasteiger partial charge >= 0.3 is 6.03 Å². The first kappa shape index (κ1) is 17.8. The lowest BCUT2D eigenvalue weighted by molar-refractivity contribution is 0.205. The zero-order chi connectivity index (χ0) is 18.4. The van der Waals surface area contributed by atoms with Crippen molar-refractivity contribution in [1.29, 1.82) is 0 Å². The number of para-hydroxylation sites is 1. The van der Waals surface area contributed by atoms with Crippen LogP contribution in [-0.2, 0) is 26.1 Å². The molecule has 3 rings (SSSR count). The van der Waals surface area contributed by atoms with Crippen molar-refractivity contribution >= 4 is 6.03 Å². The Bertz CT molecular complexity index is 809. The third kappa shape index (κ3) is 4.14. The van der Waals surface area contributed by atoms with Gasteiger partial charge in [-0.05, 0) is 18.9 Å². The maximum atomic E-state index is 12.4. The van der Waals surface area contributed by atoms with Crippen LogP contribution >= 0.6 is 0 Å². The second-order valence-electron chi connectivity index (χ2n) is 6.26. The van der Waals surface area contributed by atoms with Crippen molar-refractivity contribution in [2.45, 2.75) is 38.9 Å². The summed E-state index contributed by atoms with van der Waals surface area (Å²) in [6.45, 7) is 1.91. The van der Waals surface area contributed by atoms with Gasteiger partial charge in [0.1, 0.15) is 18.2 Å². The van der Waals surface area contributed by atoms with Gasteiger partial charge in [0.15, 0.2) is 5.82 Å². The zero-order valence-corrected chi connectivity index (χ0v) is 14.9. The number of fused-ring (bicyclic) bond motifs is 1. The summed E-state index contributed by atoms with van der Waals surface area (Å²) < 4.78 is 7.64. The number of amides is 2. The molecule has 136 valence electrons. The molecule has 0 fully saturated rings. The average Bonchev–Trinajstić information content (AvgIpc) is 3.08. The van der Waals surface area contributed by atoms with Crippen molar-refractivity contribution in [3.63, 3.8) is 0 Å². The molecule has 0 unspecified atom stereocenters. The maximum absolute atomic E-state index is 12.4. The van der Waals surface area contributed by atoms with Gasteiger partial charge < -0.3 is 19.5 Å². The molecule has 1 aliphatic rings. The fourth-order valence-corrected chi connectivity index (χ4v) is 3.01. The highest BCUT2D eigenvalue weighted by molar-refractivity contribution is 5.73. The van der Waals surface area contributed by atoms with Gasteiger partial charge in [-0.3, -0.25) is 0 Å². The molecule has 26 heavy (non-hydrogen) atoms. The smallest absolute Gasteiger partial charge is 0.317 e. The van der Waals surface area contributed by atoms with E-state index in [2.05, 4.69) is 26.0 Å². The largest absolute Gasteiger partial charge is 0.481 e. The molecule has 0 atom stereocenters. The molecule has 0 aliphatic carbocycles. The number of benzene rings is 1. The average molecular weight is 353 g/mol. The van der Waals surface area contributed by atoms with E-state index in [1.807, 2.05) is 24.3 Å². The number of hydrogen-bond acceptors (Lipinski definition) is 4. The highest BCUT2D eigenvalue weighted by atomic mass is 16.5. The quantitative estimate of drug-likeness (QED) is 0.806. The van der Waals surface area contributed by atoms with E-state index in [0.29, 0.717) is 18.8 Å². The minimum atomic E-state index is -0.176. The third-order valence-corrected chi connectivity index (χ3v) is 4.37. The molecular formula is C19H23N5O2. The van der Waals surface area contributed by atoms with E-state index in [0.717, 1.165) is 43.0 Å². The van der Waals surface area contributed by atoms with Crippen molar-refractivity contribution in [1.82, 2.24) is 25.0 Å². The minimum Gasteiger partial charge on any atom is -0.481 e. The fraction of sp³-hybridized carbons (Fsp3) is 0.421. The molecule has 2 amide bonds. The number of nitrogens with zero attached hydrogens (tertiary/aromatic N) is 4. The van der Waals surface area contributed by atoms with Gasteiger partial charge in [-0.25, -0.2) is 4.79 Å². The van der Waals surface area contributed by atoms with Crippen LogP contribution < -0.4 is 10.1 Å². The number of terminal acetylenes is 1. The van der Waals surface area contributed by atoms with Gasteiger partial charge in [0.25, 0.3) is 0 Å². The van der Waals surface area contributed by atoms with Crippen molar-refractivity contribution < 1.29 is 9.53 Å². The van der Waals surface area contributed by atoms with Crippen molar-refractivity contribution in [2.75, 3.05) is 13.7 Å². The van der Waals surface area contributed by atoms with Crippen molar-refractivity contribution in [3.05, 3.63) is 41.5 Å². The molecule has 0 radical (unpaired) electrons. The first-order valence-corrected chi connectivity index (χ1v) is 8.73. The summed E-state index contributed by atoms with van der Waals surface area (Å²) in [5, 5.41) is 11.3. The molecule has 0 bridgehead atoms. The van der Waals surface area contributed by atoms with Gasteiger partial charge in [0.05, 0.1) is 13.1 Å². The Morgan fingerprint density at radius 1 is 1.38 bits per heavy atom. The van der Waals surface area contributed by atoms with Crippen LogP contribution in [0.4, 0.5) is 4.79 Å². The molecule has 0 saturated carbocycles. The Kier molecular flexibility index (Phi) is 5.74. The van der Waals surface area contributed by atoms with Crippen LogP contribution in [0.15, 0.2) is 24.3 Å². The topological polar surface area (TPSA) is 72.3 Å². The van der Waals surface area contributed by atoms with Gasteiger partial charge in [-0.2, -0.15) is 0 Å². The zero-order valence-electron chi connectivity index (χ0n) is 14.9. The summed E-state index contributed by atoms with van der Waals surface area (Å²) in [7, 11) is 1.74. The first-order chi connectivity index (χ1) is 12.7. The second-order valence-corrected chi connectivity index (χ2v) is 6.26. The normalized spacial score (nSPS) is 12.8. The van der Waals surface area contributed by atoms with Crippen LogP contribution in [0.1, 0.15) is 30.1 Å². The Morgan fingerprint density at radius 2 is 2.23 bits per heavy atom. The van der Waals surface area contributed by atoms with Crippen molar-refractivity contribution in [2.24, 2.45) is 0 Å². The lowest BCUT2D eigenvalue weighted by atomic mass is 10.2. The molecule has 1 N–H and O–H groups in total. The number of urea groups is 1. The summed E-state index contributed by atoms with van der Waals surface area (Å²) in [5.74, 6) is 4.95. The number of hydrogen-bond donors (Lipinski definition) is 1. The lowest BCUT2D eigenvalue weighted by Crippen LogP contribution is -2.37. The van der Waals surface area contributed by atoms with Gasteiger partial charge in [-0.1, -0.05) is 24.1 Å². The number of aromatic nitrogens is 3. The number of aryl methyl sites for hydroxylation is 1. The highest BCUT2D eigenvalue weighted by Gasteiger charge is 2.17. The van der Waals surface area contributed by atoms with Crippen LogP contribution in [0.2, 0.25) is 0 Å².